The van der Waals surface area contributed by atoms with Crippen molar-refractivity contribution in [3.8, 4) is 0 Å². The van der Waals surface area contributed by atoms with Crippen molar-refractivity contribution >= 4 is 31.9 Å². The zero-order chi connectivity index (χ0) is 15.6. The SMILES string of the molecule is CCN1CCC(NS(=O)(=O)c2cc(C(=O)O)oc2Br)CC1. The van der Waals surface area contributed by atoms with Crippen LogP contribution < -0.4 is 4.72 Å². The molecule has 1 aromatic heterocycles. The molecule has 1 aliphatic rings. The summed E-state index contributed by atoms with van der Waals surface area (Å²) in [6, 6.07) is 0.864. The third-order valence-electron chi connectivity index (χ3n) is 3.51. The van der Waals surface area contributed by atoms with Crippen LogP contribution in [0.3, 0.4) is 0 Å². The number of hydrogen-bond acceptors (Lipinski definition) is 5. The average molecular weight is 381 g/mol. The van der Waals surface area contributed by atoms with Gasteiger partial charge in [0.05, 0.1) is 0 Å². The Morgan fingerprint density at radius 2 is 2.14 bits per heavy atom. The number of carboxylic acids is 1. The Hall–Kier alpha value is -0.900. The molecule has 0 atom stereocenters. The maximum atomic E-state index is 12.3. The molecule has 0 aliphatic carbocycles. The Kier molecular flexibility index (Phi) is 5.07. The maximum Gasteiger partial charge on any atom is 0.371 e. The van der Waals surface area contributed by atoms with Crippen LogP contribution in [0, 0.1) is 0 Å². The third kappa shape index (κ3) is 3.85. The number of carbonyl (C=O) groups is 1. The molecular formula is C12H17BrN2O5S. The smallest absolute Gasteiger partial charge is 0.371 e. The first-order valence-corrected chi connectivity index (χ1v) is 8.88. The zero-order valence-corrected chi connectivity index (χ0v) is 13.9. The van der Waals surface area contributed by atoms with Crippen molar-refractivity contribution in [3.05, 3.63) is 16.5 Å². The van der Waals surface area contributed by atoms with E-state index in [1.807, 2.05) is 0 Å². The summed E-state index contributed by atoms with van der Waals surface area (Å²) in [4.78, 5) is 12.9. The monoisotopic (exact) mass is 380 g/mol. The number of likely N-dealkylation sites (tertiary alicyclic amines) is 1. The summed E-state index contributed by atoms with van der Waals surface area (Å²) >= 11 is 2.95. The second-order valence-corrected chi connectivity index (χ2v) is 7.29. The number of sulfonamides is 1. The van der Waals surface area contributed by atoms with Crippen molar-refractivity contribution < 1.29 is 22.7 Å². The van der Waals surface area contributed by atoms with Gasteiger partial charge in [0.2, 0.25) is 15.8 Å². The van der Waals surface area contributed by atoms with Gasteiger partial charge >= 0.3 is 5.97 Å². The fourth-order valence-corrected chi connectivity index (χ4v) is 4.54. The first kappa shape index (κ1) is 16.5. The number of furan rings is 1. The molecule has 21 heavy (non-hydrogen) atoms. The van der Waals surface area contributed by atoms with Crippen LogP contribution in [0.25, 0.3) is 0 Å². The number of hydrogen-bond donors (Lipinski definition) is 2. The van der Waals surface area contributed by atoms with Crippen molar-refractivity contribution in [2.75, 3.05) is 19.6 Å². The van der Waals surface area contributed by atoms with Gasteiger partial charge in [0, 0.05) is 12.1 Å². The second-order valence-electron chi connectivity index (χ2n) is 4.88. The van der Waals surface area contributed by atoms with Gasteiger partial charge in [0.1, 0.15) is 4.90 Å². The van der Waals surface area contributed by atoms with E-state index in [2.05, 4.69) is 32.5 Å². The Labute approximate surface area is 131 Å². The van der Waals surface area contributed by atoms with E-state index in [0.29, 0.717) is 0 Å². The van der Waals surface area contributed by atoms with E-state index in [9.17, 15) is 13.2 Å². The molecule has 9 heteroatoms. The van der Waals surface area contributed by atoms with Crippen LogP contribution in [0.4, 0.5) is 0 Å². The van der Waals surface area contributed by atoms with Crippen LogP contribution >= 0.6 is 15.9 Å². The highest BCUT2D eigenvalue weighted by atomic mass is 79.9. The van der Waals surface area contributed by atoms with Gasteiger partial charge in [0.15, 0.2) is 4.67 Å². The largest absolute Gasteiger partial charge is 0.475 e. The minimum absolute atomic E-state index is 0.0987. The Morgan fingerprint density at radius 3 is 2.62 bits per heavy atom. The molecule has 0 unspecified atom stereocenters. The molecule has 1 fully saturated rings. The van der Waals surface area contributed by atoms with E-state index in [-0.39, 0.29) is 15.6 Å². The molecule has 1 aliphatic heterocycles. The molecule has 7 nitrogen and oxygen atoms in total. The normalized spacial score (nSPS) is 18.0. The van der Waals surface area contributed by atoms with Crippen molar-refractivity contribution in [3.63, 3.8) is 0 Å². The Bertz CT molecular complexity index is 620. The van der Waals surface area contributed by atoms with Gasteiger partial charge in [-0.15, -0.1) is 0 Å². The van der Waals surface area contributed by atoms with Crippen LogP contribution in [-0.4, -0.2) is 50.1 Å². The molecule has 2 N–H and O–H groups in total. The summed E-state index contributed by atoms with van der Waals surface area (Å²) in [5.74, 6) is -1.73. The fourth-order valence-electron chi connectivity index (χ4n) is 2.29. The number of nitrogens with one attached hydrogen (secondary N) is 1. The Morgan fingerprint density at radius 1 is 1.52 bits per heavy atom. The molecule has 1 saturated heterocycles. The fraction of sp³-hybridized carbons (Fsp3) is 0.583. The predicted molar refractivity (Wildman–Crippen MR) is 78.8 cm³/mol. The van der Waals surface area contributed by atoms with Gasteiger partial charge in [0.25, 0.3) is 0 Å². The van der Waals surface area contributed by atoms with Gasteiger partial charge in [-0.1, -0.05) is 6.92 Å². The van der Waals surface area contributed by atoms with E-state index >= 15 is 0 Å². The summed E-state index contributed by atoms with van der Waals surface area (Å²) in [5, 5.41) is 8.83. The van der Waals surface area contributed by atoms with E-state index in [4.69, 9.17) is 9.52 Å². The quantitative estimate of drug-likeness (QED) is 0.802. The first-order chi connectivity index (χ1) is 9.83. The highest BCUT2D eigenvalue weighted by Gasteiger charge is 2.28. The molecule has 0 spiro atoms. The highest BCUT2D eigenvalue weighted by Crippen LogP contribution is 2.27. The lowest BCUT2D eigenvalue weighted by atomic mass is 10.1. The van der Waals surface area contributed by atoms with Crippen molar-refractivity contribution in [1.29, 1.82) is 0 Å². The van der Waals surface area contributed by atoms with Crippen LogP contribution in [0.15, 0.2) is 20.0 Å². The second kappa shape index (κ2) is 6.47. The van der Waals surface area contributed by atoms with E-state index in [1.54, 1.807) is 0 Å². The Balaban J connectivity index is 2.10. The van der Waals surface area contributed by atoms with Crippen LogP contribution in [0.5, 0.6) is 0 Å². The number of halogens is 1. The minimum Gasteiger partial charge on any atom is -0.475 e. The lowest BCUT2D eigenvalue weighted by Crippen LogP contribution is -2.44. The predicted octanol–water partition coefficient (Wildman–Crippen LogP) is 1.50. The first-order valence-electron chi connectivity index (χ1n) is 6.60. The summed E-state index contributed by atoms with van der Waals surface area (Å²) < 4.78 is 32.0. The van der Waals surface area contributed by atoms with Gasteiger partial charge in [-0.2, -0.15) is 0 Å². The lowest BCUT2D eigenvalue weighted by molar-refractivity contribution is 0.0661. The standard InChI is InChI=1S/C12H17BrN2O5S/c1-2-15-5-3-8(4-6-15)14-21(18,19)10-7-9(12(16)17)20-11(10)13/h7-8,14H,2-6H2,1H3,(H,16,17). The maximum absolute atomic E-state index is 12.3. The van der Waals surface area contributed by atoms with Crippen molar-refractivity contribution in [2.24, 2.45) is 0 Å². The number of rotatable bonds is 5. The minimum atomic E-state index is -3.80. The average Bonchev–Trinajstić information content (AvgIpc) is 2.82. The summed E-state index contributed by atoms with van der Waals surface area (Å²) in [6.45, 7) is 4.71. The molecule has 0 radical (unpaired) electrons. The van der Waals surface area contributed by atoms with Gasteiger partial charge in [-0.05, 0) is 48.4 Å². The number of piperidine rings is 1. The molecule has 2 rings (SSSR count). The molecule has 118 valence electrons. The topological polar surface area (TPSA) is 99.9 Å². The third-order valence-corrected chi connectivity index (χ3v) is 5.89. The van der Waals surface area contributed by atoms with Gasteiger partial charge in [-0.25, -0.2) is 17.9 Å². The highest BCUT2D eigenvalue weighted by molar-refractivity contribution is 9.10. The molecular weight excluding hydrogens is 364 g/mol. The lowest BCUT2D eigenvalue weighted by Gasteiger charge is -2.31. The molecule has 0 bridgehead atoms. The molecule has 0 saturated carbocycles. The molecule has 2 heterocycles. The molecule has 0 aromatic carbocycles. The van der Waals surface area contributed by atoms with Crippen LogP contribution in [0.2, 0.25) is 0 Å². The number of aromatic carboxylic acids is 1. The molecule has 0 amide bonds. The van der Waals surface area contributed by atoms with Gasteiger partial charge < -0.3 is 14.4 Å². The summed E-state index contributed by atoms with van der Waals surface area (Å²) in [6.07, 6.45) is 1.46. The number of nitrogens with zero attached hydrogens (tertiary/aromatic N) is 1. The van der Waals surface area contributed by atoms with Crippen LogP contribution in [-0.2, 0) is 10.0 Å². The van der Waals surface area contributed by atoms with Crippen molar-refractivity contribution in [2.45, 2.75) is 30.7 Å². The summed E-state index contributed by atoms with van der Waals surface area (Å²) in [7, 11) is -3.80. The van der Waals surface area contributed by atoms with Gasteiger partial charge in [-0.3, -0.25) is 0 Å². The summed E-state index contributed by atoms with van der Waals surface area (Å²) in [5.41, 5.74) is 0. The van der Waals surface area contributed by atoms with E-state index in [0.717, 1.165) is 38.5 Å². The van der Waals surface area contributed by atoms with Crippen LogP contribution in [0.1, 0.15) is 30.3 Å². The van der Waals surface area contributed by atoms with Crippen molar-refractivity contribution in [1.82, 2.24) is 9.62 Å². The van der Waals surface area contributed by atoms with E-state index in [1.165, 1.54) is 0 Å². The van der Waals surface area contributed by atoms with E-state index < -0.39 is 21.8 Å². The molecule has 1 aromatic rings. The number of carboxylic acid groups (broad SMARTS) is 1. The zero-order valence-electron chi connectivity index (χ0n) is 11.5.